The Labute approximate surface area is 117 Å². The molecule has 0 spiro atoms. The van der Waals surface area contributed by atoms with Gasteiger partial charge in [0.25, 0.3) is 0 Å². The Bertz CT molecular complexity index is 600. The molecule has 3 heterocycles. The van der Waals surface area contributed by atoms with Crippen LogP contribution in [0.4, 0.5) is 5.82 Å². The van der Waals surface area contributed by atoms with Crippen molar-refractivity contribution in [2.75, 3.05) is 11.4 Å². The minimum absolute atomic E-state index is 0.312. The number of piperidine rings is 1. The first kappa shape index (κ1) is 12.6. The van der Waals surface area contributed by atoms with Gasteiger partial charge in [-0.25, -0.2) is 9.97 Å². The van der Waals surface area contributed by atoms with E-state index >= 15 is 0 Å². The van der Waals surface area contributed by atoms with Crippen molar-refractivity contribution in [3.63, 3.8) is 0 Å². The van der Waals surface area contributed by atoms with E-state index in [2.05, 4.69) is 26.0 Å². The number of aromatic nitrogens is 4. The molecular weight excluding hydrogens is 252 g/mol. The van der Waals surface area contributed by atoms with E-state index < -0.39 is 0 Å². The number of nitriles is 1. The van der Waals surface area contributed by atoms with E-state index in [9.17, 15) is 5.26 Å². The molecule has 1 aliphatic rings. The van der Waals surface area contributed by atoms with Crippen molar-refractivity contribution in [2.24, 2.45) is 0 Å². The van der Waals surface area contributed by atoms with Gasteiger partial charge in [-0.3, -0.25) is 4.68 Å². The van der Waals surface area contributed by atoms with Crippen molar-refractivity contribution in [3.05, 3.63) is 36.5 Å². The zero-order valence-electron chi connectivity index (χ0n) is 11.2. The van der Waals surface area contributed by atoms with E-state index in [4.69, 9.17) is 0 Å². The molecular formula is C14H16N6. The maximum absolute atomic E-state index is 9.25. The topological polar surface area (TPSA) is 70.6 Å². The number of pyridine rings is 1. The van der Waals surface area contributed by atoms with Crippen molar-refractivity contribution in [1.29, 1.82) is 5.26 Å². The molecule has 6 heteroatoms. The summed E-state index contributed by atoms with van der Waals surface area (Å²) < 4.78 is 1.85. The normalized spacial score (nSPS) is 18.8. The molecule has 2 aromatic rings. The van der Waals surface area contributed by atoms with Crippen molar-refractivity contribution in [2.45, 2.75) is 31.8 Å². The summed E-state index contributed by atoms with van der Waals surface area (Å²) in [6.45, 7) is 1.71. The summed E-state index contributed by atoms with van der Waals surface area (Å²) in [6.07, 6.45) is 8.45. The maximum Gasteiger partial charge on any atom is 0.146 e. The Morgan fingerprint density at radius 2 is 2.35 bits per heavy atom. The molecule has 1 aliphatic heterocycles. The van der Waals surface area contributed by atoms with Crippen LogP contribution in [0.1, 0.15) is 24.8 Å². The fourth-order valence-electron chi connectivity index (χ4n) is 2.73. The fourth-order valence-corrected chi connectivity index (χ4v) is 2.73. The van der Waals surface area contributed by atoms with Gasteiger partial charge in [0.05, 0.1) is 18.2 Å². The second-order valence-corrected chi connectivity index (χ2v) is 4.95. The highest BCUT2D eigenvalue weighted by Crippen LogP contribution is 2.26. The number of hydrogen-bond donors (Lipinski definition) is 0. The molecule has 0 aromatic carbocycles. The highest BCUT2D eigenvalue weighted by Gasteiger charge is 2.25. The van der Waals surface area contributed by atoms with Crippen LogP contribution in [-0.4, -0.2) is 32.3 Å². The van der Waals surface area contributed by atoms with Gasteiger partial charge in [0.15, 0.2) is 0 Å². The number of nitrogens with zero attached hydrogens (tertiary/aromatic N) is 6. The molecule has 1 atom stereocenters. The Kier molecular flexibility index (Phi) is 3.59. The SMILES string of the molecule is N#Cc1cccnc1N1CCCC[C@H]1Cn1cncn1. The molecule has 0 unspecified atom stereocenters. The standard InChI is InChI=1S/C14H16N6/c15-8-12-4-3-6-17-14(12)20-7-2-1-5-13(20)9-19-11-16-10-18-19/h3-4,6,10-11,13H,1-2,5,7,9H2/t13-/m0/s1. The third kappa shape index (κ3) is 2.48. The molecule has 0 bridgehead atoms. The minimum atomic E-state index is 0.312. The van der Waals surface area contributed by atoms with Gasteiger partial charge in [-0.1, -0.05) is 0 Å². The summed E-state index contributed by atoms with van der Waals surface area (Å²) in [7, 11) is 0. The van der Waals surface area contributed by atoms with Crippen molar-refractivity contribution < 1.29 is 0 Å². The van der Waals surface area contributed by atoms with Crippen LogP contribution in [0.3, 0.4) is 0 Å². The lowest BCUT2D eigenvalue weighted by atomic mass is 10.0. The largest absolute Gasteiger partial charge is 0.351 e. The fraction of sp³-hybridized carbons (Fsp3) is 0.429. The molecule has 102 valence electrons. The lowest BCUT2D eigenvalue weighted by molar-refractivity contribution is 0.396. The highest BCUT2D eigenvalue weighted by atomic mass is 15.3. The first-order chi connectivity index (χ1) is 9.88. The number of anilines is 1. The molecule has 3 rings (SSSR count). The Balaban J connectivity index is 1.87. The third-order valence-corrected chi connectivity index (χ3v) is 3.67. The van der Waals surface area contributed by atoms with Crippen LogP contribution in [0, 0.1) is 11.3 Å². The Morgan fingerprint density at radius 3 is 3.15 bits per heavy atom. The van der Waals surface area contributed by atoms with Gasteiger partial charge in [0.2, 0.25) is 0 Å². The molecule has 0 saturated carbocycles. The van der Waals surface area contributed by atoms with E-state index in [-0.39, 0.29) is 0 Å². The lowest BCUT2D eigenvalue weighted by Gasteiger charge is -2.36. The van der Waals surface area contributed by atoms with Crippen LogP contribution in [0.5, 0.6) is 0 Å². The first-order valence-corrected chi connectivity index (χ1v) is 6.82. The van der Waals surface area contributed by atoms with Gasteiger partial charge >= 0.3 is 0 Å². The van der Waals surface area contributed by atoms with Crippen LogP contribution in [0.15, 0.2) is 31.0 Å². The highest BCUT2D eigenvalue weighted by molar-refractivity contribution is 5.54. The molecule has 1 saturated heterocycles. The third-order valence-electron chi connectivity index (χ3n) is 3.67. The van der Waals surface area contributed by atoms with Crippen molar-refractivity contribution >= 4 is 5.82 Å². The molecule has 1 fully saturated rings. The monoisotopic (exact) mass is 268 g/mol. The average Bonchev–Trinajstić information content (AvgIpc) is 3.01. The summed E-state index contributed by atoms with van der Waals surface area (Å²) >= 11 is 0. The van der Waals surface area contributed by atoms with Crippen LogP contribution < -0.4 is 4.90 Å². The van der Waals surface area contributed by atoms with Crippen molar-refractivity contribution in [1.82, 2.24) is 19.7 Å². The second-order valence-electron chi connectivity index (χ2n) is 4.95. The summed E-state index contributed by atoms with van der Waals surface area (Å²) in [6, 6.07) is 6.17. The van der Waals surface area contributed by atoms with E-state index in [1.807, 2.05) is 10.7 Å². The van der Waals surface area contributed by atoms with Gasteiger partial charge in [0, 0.05) is 12.7 Å². The van der Waals surface area contributed by atoms with Crippen LogP contribution in [0.2, 0.25) is 0 Å². The number of hydrogen-bond acceptors (Lipinski definition) is 5. The van der Waals surface area contributed by atoms with E-state index in [0.29, 0.717) is 11.6 Å². The van der Waals surface area contributed by atoms with Gasteiger partial charge in [0.1, 0.15) is 24.5 Å². The van der Waals surface area contributed by atoms with Gasteiger partial charge in [-0.05, 0) is 31.4 Å². The quantitative estimate of drug-likeness (QED) is 0.845. The number of rotatable bonds is 3. The lowest BCUT2D eigenvalue weighted by Crippen LogP contribution is -2.43. The summed E-state index contributed by atoms with van der Waals surface area (Å²) in [4.78, 5) is 10.6. The van der Waals surface area contributed by atoms with E-state index in [1.54, 1.807) is 24.9 Å². The maximum atomic E-state index is 9.25. The van der Waals surface area contributed by atoms with Gasteiger partial charge in [-0.2, -0.15) is 10.4 Å². The summed E-state index contributed by atoms with van der Waals surface area (Å²) in [5.74, 6) is 0.791. The van der Waals surface area contributed by atoms with Gasteiger partial charge < -0.3 is 4.90 Å². The predicted octanol–water partition coefficient (Wildman–Crippen LogP) is 1.60. The smallest absolute Gasteiger partial charge is 0.146 e. The second kappa shape index (κ2) is 5.70. The molecule has 0 amide bonds. The Morgan fingerprint density at radius 1 is 1.40 bits per heavy atom. The van der Waals surface area contributed by atoms with Crippen molar-refractivity contribution in [3.8, 4) is 6.07 Å². The van der Waals surface area contributed by atoms with Crippen LogP contribution in [0.25, 0.3) is 0 Å². The molecule has 0 aliphatic carbocycles. The van der Waals surface area contributed by atoms with Gasteiger partial charge in [-0.15, -0.1) is 0 Å². The zero-order valence-corrected chi connectivity index (χ0v) is 11.2. The molecule has 6 nitrogen and oxygen atoms in total. The summed E-state index contributed by atoms with van der Waals surface area (Å²) in [5, 5.41) is 13.4. The van der Waals surface area contributed by atoms with Crippen LogP contribution >= 0.6 is 0 Å². The summed E-state index contributed by atoms with van der Waals surface area (Å²) in [5.41, 5.74) is 0.637. The molecule has 2 aromatic heterocycles. The average molecular weight is 268 g/mol. The minimum Gasteiger partial charge on any atom is -0.351 e. The predicted molar refractivity (Wildman–Crippen MR) is 74.0 cm³/mol. The molecule has 0 N–H and O–H groups in total. The first-order valence-electron chi connectivity index (χ1n) is 6.82. The zero-order chi connectivity index (χ0) is 13.8. The molecule has 0 radical (unpaired) electrons. The van der Waals surface area contributed by atoms with E-state index in [0.717, 1.165) is 31.7 Å². The molecule has 20 heavy (non-hydrogen) atoms. The van der Waals surface area contributed by atoms with Crippen LogP contribution in [-0.2, 0) is 6.54 Å². The Hall–Kier alpha value is -2.42. The van der Waals surface area contributed by atoms with E-state index in [1.165, 1.54) is 6.42 Å².